The zero-order valence-electron chi connectivity index (χ0n) is 13.4. The fourth-order valence-electron chi connectivity index (χ4n) is 2.88. The summed E-state index contributed by atoms with van der Waals surface area (Å²) in [7, 11) is 1.61. The molecule has 23 heavy (non-hydrogen) atoms. The molecule has 2 atom stereocenters. The van der Waals surface area contributed by atoms with Crippen LogP contribution in [0, 0.1) is 0 Å². The molecule has 2 aromatic rings. The van der Waals surface area contributed by atoms with Crippen molar-refractivity contribution >= 4 is 11.6 Å². The first-order chi connectivity index (χ1) is 11.2. The lowest BCUT2D eigenvalue weighted by atomic mass is 10.1. The minimum atomic E-state index is -0.173. The summed E-state index contributed by atoms with van der Waals surface area (Å²) in [5, 5.41) is 2.61. The molecular formula is C18H21N3O2. The zero-order chi connectivity index (χ0) is 16.2. The fraction of sp³-hybridized carbons (Fsp3) is 0.333. The van der Waals surface area contributed by atoms with Crippen LogP contribution in [0.5, 0.6) is 0 Å². The maximum absolute atomic E-state index is 11.8. The summed E-state index contributed by atoms with van der Waals surface area (Å²) in [5.74, 6) is -0.173. The molecule has 120 valence electrons. The van der Waals surface area contributed by atoms with Gasteiger partial charge in [-0.05, 0) is 24.6 Å². The number of pyridine rings is 1. The van der Waals surface area contributed by atoms with E-state index in [0.29, 0.717) is 5.69 Å². The smallest absolute Gasteiger partial charge is 0.269 e. The Kier molecular flexibility index (Phi) is 4.57. The Morgan fingerprint density at radius 2 is 2.04 bits per heavy atom. The first-order valence-electron chi connectivity index (χ1n) is 7.81. The topological polar surface area (TPSA) is 54.5 Å². The van der Waals surface area contributed by atoms with Crippen LogP contribution in [0.1, 0.15) is 29.1 Å². The molecule has 0 saturated carbocycles. The molecule has 1 aromatic heterocycles. The molecule has 0 radical (unpaired) electrons. The maximum atomic E-state index is 11.8. The number of nitrogens with zero attached hydrogens (tertiary/aromatic N) is 2. The molecule has 5 nitrogen and oxygen atoms in total. The Labute approximate surface area is 136 Å². The van der Waals surface area contributed by atoms with Crippen LogP contribution in [-0.4, -0.2) is 37.1 Å². The highest BCUT2D eigenvalue weighted by Crippen LogP contribution is 2.28. The average Bonchev–Trinajstić information content (AvgIpc) is 2.61. The van der Waals surface area contributed by atoms with Gasteiger partial charge < -0.3 is 15.0 Å². The molecule has 1 fully saturated rings. The van der Waals surface area contributed by atoms with E-state index in [1.165, 1.54) is 5.56 Å². The van der Waals surface area contributed by atoms with Gasteiger partial charge in [0, 0.05) is 32.0 Å². The molecule has 0 aliphatic carbocycles. The number of hydrogen-bond donors (Lipinski definition) is 1. The summed E-state index contributed by atoms with van der Waals surface area (Å²) in [4.78, 5) is 18.2. The van der Waals surface area contributed by atoms with Crippen LogP contribution < -0.4 is 10.2 Å². The first-order valence-corrected chi connectivity index (χ1v) is 7.81. The van der Waals surface area contributed by atoms with Crippen LogP contribution in [0.25, 0.3) is 0 Å². The summed E-state index contributed by atoms with van der Waals surface area (Å²) in [6.45, 7) is 3.62. The molecule has 1 aromatic carbocycles. The second kappa shape index (κ2) is 6.79. The number of ether oxygens (including phenoxy) is 1. The van der Waals surface area contributed by atoms with Crippen molar-refractivity contribution in [3.05, 3.63) is 59.9 Å². The Morgan fingerprint density at radius 3 is 2.78 bits per heavy atom. The standard InChI is InChI=1S/C18H21N3O2/c1-13-11-21(12-17(23-13)14-6-4-3-5-7-14)15-8-9-20-16(10-15)18(22)19-2/h3-10,13,17H,11-12H2,1-2H3,(H,19,22)/t13-,17-/m1/s1. The minimum Gasteiger partial charge on any atom is -0.367 e. The Bertz CT molecular complexity index is 675. The second-order valence-corrected chi connectivity index (χ2v) is 5.73. The summed E-state index contributed by atoms with van der Waals surface area (Å²) in [5.41, 5.74) is 2.60. The van der Waals surface area contributed by atoms with Gasteiger partial charge in [0.25, 0.3) is 5.91 Å². The SMILES string of the molecule is CNC(=O)c1cc(N2C[C@@H](C)O[C@@H](c3ccccc3)C2)ccn1. The molecule has 2 heterocycles. The molecule has 1 aliphatic heterocycles. The van der Waals surface area contributed by atoms with Crippen molar-refractivity contribution < 1.29 is 9.53 Å². The number of nitrogens with one attached hydrogen (secondary N) is 1. The van der Waals surface area contributed by atoms with Crippen LogP contribution in [0.15, 0.2) is 48.7 Å². The summed E-state index contributed by atoms with van der Waals surface area (Å²) in [6.07, 6.45) is 1.82. The summed E-state index contributed by atoms with van der Waals surface area (Å²) in [6, 6.07) is 14.0. The number of carbonyl (C=O) groups excluding carboxylic acids is 1. The number of anilines is 1. The van der Waals surface area contributed by atoms with E-state index in [4.69, 9.17) is 4.74 Å². The fourth-order valence-corrected chi connectivity index (χ4v) is 2.88. The van der Waals surface area contributed by atoms with E-state index in [-0.39, 0.29) is 18.1 Å². The third-order valence-corrected chi connectivity index (χ3v) is 4.00. The minimum absolute atomic E-state index is 0.0246. The van der Waals surface area contributed by atoms with Gasteiger partial charge in [-0.3, -0.25) is 9.78 Å². The van der Waals surface area contributed by atoms with Crippen LogP contribution in [0.3, 0.4) is 0 Å². The lowest BCUT2D eigenvalue weighted by molar-refractivity contribution is -0.0173. The maximum Gasteiger partial charge on any atom is 0.269 e. The van der Waals surface area contributed by atoms with Crippen LogP contribution in [0.4, 0.5) is 5.69 Å². The molecule has 1 amide bonds. The average molecular weight is 311 g/mol. The van der Waals surface area contributed by atoms with Gasteiger partial charge in [0.15, 0.2) is 0 Å². The van der Waals surface area contributed by atoms with Gasteiger partial charge in [0.1, 0.15) is 11.8 Å². The van der Waals surface area contributed by atoms with Crippen LogP contribution in [0.2, 0.25) is 0 Å². The highest BCUT2D eigenvalue weighted by Gasteiger charge is 2.27. The number of rotatable bonds is 3. The zero-order valence-corrected chi connectivity index (χ0v) is 13.4. The van der Waals surface area contributed by atoms with Crippen molar-refractivity contribution in [2.24, 2.45) is 0 Å². The van der Waals surface area contributed by atoms with Crippen LogP contribution >= 0.6 is 0 Å². The molecule has 0 unspecified atom stereocenters. The predicted molar refractivity (Wildman–Crippen MR) is 89.6 cm³/mol. The number of hydrogen-bond acceptors (Lipinski definition) is 4. The Morgan fingerprint density at radius 1 is 1.26 bits per heavy atom. The Balaban J connectivity index is 1.83. The third kappa shape index (κ3) is 3.51. The van der Waals surface area contributed by atoms with Gasteiger partial charge in [-0.2, -0.15) is 0 Å². The van der Waals surface area contributed by atoms with Crippen LogP contribution in [-0.2, 0) is 4.74 Å². The summed E-state index contributed by atoms with van der Waals surface area (Å²) >= 11 is 0. The lowest BCUT2D eigenvalue weighted by Crippen LogP contribution is -2.43. The molecular weight excluding hydrogens is 290 g/mol. The molecule has 1 aliphatic rings. The van der Waals surface area contributed by atoms with Crippen molar-refractivity contribution in [1.29, 1.82) is 0 Å². The van der Waals surface area contributed by atoms with E-state index < -0.39 is 0 Å². The second-order valence-electron chi connectivity index (χ2n) is 5.73. The first kappa shape index (κ1) is 15.5. The molecule has 5 heteroatoms. The van der Waals surface area contributed by atoms with E-state index in [0.717, 1.165) is 18.8 Å². The van der Waals surface area contributed by atoms with Gasteiger partial charge in [-0.15, -0.1) is 0 Å². The van der Waals surface area contributed by atoms with Gasteiger partial charge in [-0.1, -0.05) is 30.3 Å². The van der Waals surface area contributed by atoms with Gasteiger partial charge >= 0.3 is 0 Å². The van der Waals surface area contributed by atoms with Crippen molar-refractivity contribution in [3.63, 3.8) is 0 Å². The van der Waals surface area contributed by atoms with E-state index in [1.54, 1.807) is 13.2 Å². The quantitative estimate of drug-likeness (QED) is 0.946. The van der Waals surface area contributed by atoms with Gasteiger partial charge in [0.2, 0.25) is 0 Å². The third-order valence-electron chi connectivity index (χ3n) is 4.00. The monoisotopic (exact) mass is 311 g/mol. The van der Waals surface area contributed by atoms with Crippen molar-refractivity contribution in [2.45, 2.75) is 19.1 Å². The molecule has 0 spiro atoms. The van der Waals surface area contributed by atoms with E-state index in [9.17, 15) is 4.79 Å². The normalized spacial score (nSPS) is 21.0. The number of benzene rings is 1. The van der Waals surface area contributed by atoms with Crippen molar-refractivity contribution in [2.75, 3.05) is 25.0 Å². The van der Waals surface area contributed by atoms with E-state index in [2.05, 4.69) is 34.3 Å². The number of amides is 1. The molecule has 1 saturated heterocycles. The number of aromatic nitrogens is 1. The molecule has 0 bridgehead atoms. The predicted octanol–water partition coefficient (Wildman–Crippen LogP) is 2.41. The summed E-state index contributed by atoms with van der Waals surface area (Å²) < 4.78 is 6.09. The lowest BCUT2D eigenvalue weighted by Gasteiger charge is -2.38. The highest BCUT2D eigenvalue weighted by atomic mass is 16.5. The highest BCUT2D eigenvalue weighted by molar-refractivity contribution is 5.92. The Hall–Kier alpha value is -2.40. The van der Waals surface area contributed by atoms with Crippen molar-refractivity contribution in [3.8, 4) is 0 Å². The van der Waals surface area contributed by atoms with Gasteiger partial charge in [0.05, 0.1) is 6.10 Å². The van der Waals surface area contributed by atoms with Gasteiger partial charge in [-0.25, -0.2) is 0 Å². The molecule has 3 rings (SSSR count). The van der Waals surface area contributed by atoms with E-state index in [1.807, 2.05) is 30.3 Å². The molecule has 1 N–H and O–H groups in total. The largest absolute Gasteiger partial charge is 0.367 e. The number of morpholine rings is 1. The van der Waals surface area contributed by atoms with Crippen molar-refractivity contribution in [1.82, 2.24) is 10.3 Å². The number of carbonyl (C=O) groups is 1. The van der Waals surface area contributed by atoms with E-state index >= 15 is 0 Å².